The molecule has 1 heterocycles. The van der Waals surface area contributed by atoms with Crippen molar-refractivity contribution in [2.45, 2.75) is 12.5 Å². The Hall–Kier alpha value is -1.80. The smallest absolute Gasteiger partial charge is 0.422 e. The van der Waals surface area contributed by atoms with Crippen molar-refractivity contribution in [3.05, 3.63) is 29.8 Å². The monoisotopic (exact) mass is 286 g/mol. The van der Waals surface area contributed by atoms with Gasteiger partial charge in [0.15, 0.2) is 0 Å². The molecule has 1 aliphatic rings. The summed E-state index contributed by atoms with van der Waals surface area (Å²) >= 11 is 0. The SMILES string of the molecule is COC(=O)NS(=O)(=O)N1CCC(O)c2ccccc21. The Morgan fingerprint density at radius 1 is 1.47 bits per heavy atom. The minimum atomic E-state index is -4.03. The molecule has 7 nitrogen and oxygen atoms in total. The van der Waals surface area contributed by atoms with Gasteiger partial charge in [0.1, 0.15) is 0 Å². The fourth-order valence-electron chi connectivity index (χ4n) is 1.96. The van der Waals surface area contributed by atoms with Gasteiger partial charge in [-0.2, -0.15) is 8.42 Å². The predicted molar refractivity (Wildman–Crippen MR) is 67.8 cm³/mol. The van der Waals surface area contributed by atoms with E-state index in [0.717, 1.165) is 11.4 Å². The molecule has 1 unspecified atom stereocenters. The van der Waals surface area contributed by atoms with E-state index < -0.39 is 22.4 Å². The number of aliphatic hydroxyl groups excluding tert-OH is 1. The Balaban J connectivity index is 2.37. The minimum Gasteiger partial charge on any atom is -0.452 e. The number of nitrogens with zero attached hydrogens (tertiary/aromatic N) is 1. The van der Waals surface area contributed by atoms with E-state index in [1.807, 2.05) is 0 Å². The molecule has 0 fully saturated rings. The van der Waals surface area contributed by atoms with Crippen LogP contribution in [0.4, 0.5) is 10.5 Å². The standard InChI is InChI=1S/C11H14N2O5S/c1-18-11(15)12-19(16,17)13-7-6-10(14)8-4-2-3-5-9(8)13/h2-5,10,14H,6-7H2,1H3,(H,12,15). The highest BCUT2D eigenvalue weighted by Crippen LogP contribution is 2.34. The molecule has 2 rings (SSSR count). The van der Waals surface area contributed by atoms with Crippen LogP contribution < -0.4 is 9.03 Å². The van der Waals surface area contributed by atoms with Gasteiger partial charge in [0.05, 0.1) is 18.9 Å². The van der Waals surface area contributed by atoms with Gasteiger partial charge in [-0.25, -0.2) is 9.52 Å². The van der Waals surface area contributed by atoms with Crippen LogP contribution in [0, 0.1) is 0 Å². The average Bonchev–Trinajstić information content (AvgIpc) is 2.38. The summed E-state index contributed by atoms with van der Waals surface area (Å²) in [6, 6.07) is 6.61. The van der Waals surface area contributed by atoms with Crippen molar-refractivity contribution < 1.29 is 23.1 Å². The maximum absolute atomic E-state index is 12.1. The first-order valence-electron chi connectivity index (χ1n) is 5.61. The lowest BCUT2D eigenvalue weighted by molar-refractivity contribution is 0.166. The van der Waals surface area contributed by atoms with E-state index in [4.69, 9.17) is 0 Å². The zero-order valence-electron chi connectivity index (χ0n) is 10.2. The number of ether oxygens (including phenoxy) is 1. The Labute approximate surface area is 111 Å². The molecule has 2 N–H and O–H groups in total. The first kappa shape index (κ1) is 13.6. The van der Waals surface area contributed by atoms with Gasteiger partial charge in [0, 0.05) is 12.1 Å². The predicted octanol–water partition coefficient (Wildman–Crippen LogP) is 0.531. The maximum Gasteiger partial charge on any atom is 0.422 e. The first-order chi connectivity index (χ1) is 8.95. The van der Waals surface area contributed by atoms with Crippen LogP contribution in [0.3, 0.4) is 0 Å². The van der Waals surface area contributed by atoms with Crippen molar-refractivity contribution >= 4 is 22.0 Å². The van der Waals surface area contributed by atoms with Crippen molar-refractivity contribution in [2.75, 3.05) is 18.0 Å². The Bertz CT molecular complexity index is 587. The van der Waals surface area contributed by atoms with Gasteiger partial charge in [-0.15, -0.1) is 0 Å². The molecular weight excluding hydrogens is 272 g/mol. The van der Waals surface area contributed by atoms with E-state index in [1.165, 1.54) is 0 Å². The van der Waals surface area contributed by atoms with Gasteiger partial charge in [-0.05, 0) is 12.5 Å². The van der Waals surface area contributed by atoms with E-state index >= 15 is 0 Å². The minimum absolute atomic E-state index is 0.0878. The van der Waals surface area contributed by atoms with Crippen LogP contribution in [-0.2, 0) is 14.9 Å². The van der Waals surface area contributed by atoms with Crippen molar-refractivity contribution in [2.24, 2.45) is 0 Å². The summed E-state index contributed by atoms with van der Waals surface area (Å²) in [5.74, 6) is 0. The van der Waals surface area contributed by atoms with Crippen LogP contribution in [0.5, 0.6) is 0 Å². The number of fused-ring (bicyclic) bond motifs is 1. The molecular formula is C11H14N2O5S. The summed E-state index contributed by atoms with van der Waals surface area (Å²) in [6.07, 6.45) is -1.50. The molecule has 1 aromatic rings. The quantitative estimate of drug-likeness (QED) is 0.826. The third kappa shape index (κ3) is 2.64. The number of amides is 1. The molecule has 0 bridgehead atoms. The molecule has 0 aromatic heterocycles. The van der Waals surface area contributed by atoms with Crippen LogP contribution in [0.25, 0.3) is 0 Å². The number of carbonyl (C=O) groups excluding carboxylic acids is 1. The molecule has 0 saturated carbocycles. The Morgan fingerprint density at radius 2 is 2.16 bits per heavy atom. The third-order valence-electron chi connectivity index (χ3n) is 2.86. The number of aliphatic hydroxyl groups is 1. The maximum atomic E-state index is 12.1. The lowest BCUT2D eigenvalue weighted by atomic mass is 10.0. The molecule has 0 saturated heterocycles. The Morgan fingerprint density at radius 3 is 2.84 bits per heavy atom. The number of hydrogen-bond acceptors (Lipinski definition) is 5. The van der Waals surface area contributed by atoms with Gasteiger partial charge < -0.3 is 9.84 Å². The summed E-state index contributed by atoms with van der Waals surface area (Å²) in [7, 11) is -2.95. The van der Waals surface area contributed by atoms with Crippen molar-refractivity contribution in [1.82, 2.24) is 4.72 Å². The number of rotatable bonds is 2. The van der Waals surface area contributed by atoms with Crippen LogP contribution >= 0.6 is 0 Å². The molecule has 0 radical (unpaired) electrons. The molecule has 0 spiro atoms. The molecule has 1 aliphatic heterocycles. The molecule has 1 atom stereocenters. The van der Waals surface area contributed by atoms with E-state index in [0.29, 0.717) is 11.3 Å². The number of benzene rings is 1. The van der Waals surface area contributed by atoms with E-state index in [1.54, 1.807) is 29.0 Å². The third-order valence-corrected chi connectivity index (χ3v) is 4.24. The lowest BCUT2D eigenvalue weighted by Crippen LogP contribution is -2.46. The van der Waals surface area contributed by atoms with Crippen LogP contribution in [-0.4, -0.2) is 33.3 Å². The highest BCUT2D eigenvalue weighted by atomic mass is 32.2. The largest absolute Gasteiger partial charge is 0.452 e. The van der Waals surface area contributed by atoms with Crippen molar-refractivity contribution in [1.29, 1.82) is 0 Å². The highest BCUT2D eigenvalue weighted by Gasteiger charge is 2.32. The average molecular weight is 286 g/mol. The van der Waals surface area contributed by atoms with Crippen molar-refractivity contribution in [3.8, 4) is 0 Å². The van der Waals surface area contributed by atoms with E-state index in [-0.39, 0.29) is 13.0 Å². The molecule has 0 aliphatic carbocycles. The van der Waals surface area contributed by atoms with Crippen molar-refractivity contribution in [3.63, 3.8) is 0 Å². The highest BCUT2D eigenvalue weighted by molar-refractivity contribution is 7.91. The second-order valence-electron chi connectivity index (χ2n) is 4.03. The molecule has 1 aromatic carbocycles. The van der Waals surface area contributed by atoms with Gasteiger partial charge in [0.25, 0.3) is 0 Å². The fraction of sp³-hybridized carbons (Fsp3) is 0.364. The van der Waals surface area contributed by atoms with Gasteiger partial charge >= 0.3 is 16.3 Å². The number of hydrogen-bond donors (Lipinski definition) is 2. The Kier molecular flexibility index (Phi) is 3.63. The first-order valence-corrected chi connectivity index (χ1v) is 7.05. The van der Waals surface area contributed by atoms with E-state index in [2.05, 4.69) is 4.74 Å². The van der Waals surface area contributed by atoms with Gasteiger partial charge in [0.2, 0.25) is 0 Å². The summed E-state index contributed by atoms with van der Waals surface area (Å²) in [4.78, 5) is 11.1. The van der Waals surface area contributed by atoms with Crippen LogP contribution in [0.2, 0.25) is 0 Å². The molecule has 104 valence electrons. The number of anilines is 1. The van der Waals surface area contributed by atoms with E-state index in [9.17, 15) is 18.3 Å². The summed E-state index contributed by atoms with van der Waals surface area (Å²) in [6.45, 7) is 0.0878. The fourth-order valence-corrected chi connectivity index (χ4v) is 3.14. The number of nitrogens with one attached hydrogen (secondary N) is 1. The summed E-state index contributed by atoms with van der Waals surface area (Å²) in [5.41, 5.74) is 0.877. The summed E-state index contributed by atoms with van der Waals surface area (Å²) in [5, 5.41) is 9.84. The lowest BCUT2D eigenvalue weighted by Gasteiger charge is -2.32. The number of methoxy groups -OCH3 is 1. The molecule has 19 heavy (non-hydrogen) atoms. The number of carbonyl (C=O) groups is 1. The summed E-state index contributed by atoms with van der Waals surface area (Å²) < 4.78 is 31.2. The molecule has 1 amide bonds. The number of para-hydroxylation sites is 1. The zero-order valence-corrected chi connectivity index (χ0v) is 11.1. The van der Waals surface area contributed by atoms with Crippen LogP contribution in [0.1, 0.15) is 18.1 Å². The van der Waals surface area contributed by atoms with Gasteiger partial charge in [-0.3, -0.25) is 4.31 Å². The normalized spacial score (nSPS) is 18.6. The molecule has 8 heteroatoms. The van der Waals surface area contributed by atoms with Crippen LogP contribution in [0.15, 0.2) is 24.3 Å². The second kappa shape index (κ2) is 5.06. The topological polar surface area (TPSA) is 95.9 Å². The second-order valence-corrected chi connectivity index (χ2v) is 5.63. The van der Waals surface area contributed by atoms with Gasteiger partial charge in [-0.1, -0.05) is 18.2 Å². The zero-order chi connectivity index (χ0) is 14.0.